The first-order valence-electron chi connectivity index (χ1n) is 10.7. The molecule has 0 spiro atoms. The van der Waals surface area contributed by atoms with Gasteiger partial charge in [-0.15, -0.1) is 0 Å². The molecule has 0 saturated carbocycles. The Morgan fingerprint density at radius 1 is 1.03 bits per heavy atom. The zero-order valence-corrected chi connectivity index (χ0v) is 17.7. The predicted octanol–water partition coefficient (Wildman–Crippen LogP) is 2.89. The zero-order valence-electron chi connectivity index (χ0n) is 17.7. The average Bonchev–Trinajstić information content (AvgIpc) is 2.83. The number of hydrogen-bond acceptors (Lipinski definition) is 5. The third kappa shape index (κ3) is 3.87. The van der Waals surface area contributed by atoms with Crippen molar-refractivity contribution in [1.29, 1.82) is 0 Å². The molecule has 1 aromatic carbocycles. The number of aromatic nitrogens is 3. The Morgan fingerprint density at radius 3 is 2.64 bits per heavy atom. The minimum absolute atomic E-state index is 0.110. The Bertz CT molecular complexity index is 1450. The summed E-state index contributed by atoms with van der Waals surface area (Å²) in [4.78, 5) is 49.1. The van der Waals surface area contributed by atoms with E-state index in [-0.39, 0.29) is 17.5 Å². The smallest absolute Gasteiger partial charge is 0.261 e. The molecule has 33 heavy (non-hydrogen) atoms. The molecule has 2 amide bonds. The number of hydrogen-bond donors (Lipinski definition) is 3. The molecule has 3 heterocycles. The van der Waals surface area contributed by atoms with Crippen molar-refractivity contribution in [2.24, 2.45) is 5.73 Å². The zero-order chi connectivity index (χ0) is 22.9. The number of benzene rings is 1. The summed E-state index contributed by atoms with van der Waals surface area (Å²) in [5.74, 6) is -1.06. The highest BCUT2D eigenvalue weighted by atomic mass is 16.2. The third-order valence-corrected chi connectivity index (χ3v) is 5.91. The van der Waals surface area contributed by atoms with Gasteiger partial charge in [0.25, 0.3) is 17.4 Å². The van der Waals surface area contributed by atoms with Crippen molar-refractivity contribution in [3.05, 3.63) is 93.5 Å². The second kappa shape index (κ2) is 8.31. The topological polar surface area (TPSA) is 131 Å². The van der Waals surface area contributed by atoms with Crippen LogP contribution in [0.25, 0.3) is 22.3 Å². The molecular formula is C25H21N5O3. The molecule has 3 aromatic heterocycles. The van der Waals surface area contributed by atoms with Gasteiger partial charge in [-0.1, -0.05) is 24.3 Å². The fourth-order valence-electron chi connectivity index (χ4n) is 4.32. The van der Waals surface area contributed by atoms with Crippen LogP contribution < -0.4 is 16.6 Å². The fraction of sp³-hybridized carbons (Fsp3) is 0.160. The molecular weight excluding hydrogens is 418 g/mol. The standard InChI is InChI=1S/C25H21N5O3/c26-23(31)17-12-16-19(9-5-10-20(16)30-25(17)33)29-24(32)15-13-22(21-8-3-4-11-27-21)28-18-7-2-1-6-14(15)18/h1-4,6-8,11-13,19H,5,9-10H2,(H2,26,31)(H,29,32)(H,30,33). The number of primary amides is 1. The summed E-state index contributed by atoms with van der Waals surface area (Å²) in [6, 6.07) is 15.9. The number of amides is 2. The highest BCUT2D eigenvalue weighted by Gasteiger charge is 2.26. The Morgan fingerprint density at radius 2 is 1.85 bits per heavy atom. The molecule has 1 atom stereocenters. The quantitative estimate of drug-likeness (QED) is 0.450. The predicted molar refractivity (Wildman–Crippen MR) is 124 cm³/mol. The number of rotatable bonds is 4. The number of carbonyl (C=O) groups excluding carboxylic acids is 2. The first kappa shape index (κ1) is 20.6. The first-order valence-corrected chi connectivity index (χ1v) is 10.7. The van der Waals surface area contributed by atoms with Crippen molar-refractivity contribution < 1.29 is 9.59 Å². The third-order valence-electron chi connectivity index (χ3n) is 5.91. The molecule has 0 saturated heterocycles. The number of carbonyl (C=O) groups is 2. The molecule has 164 valence electrons. The van der Waals surface area contributed by atoms with Crippen LogP contribution in [0.4, 0.5) is 0 Å². The van der Waals surface area contributed by atoms with Gasteiger partial charge in [0.1, 0.15) is 5.56 Å². The lowest BCUT2D eigenvalue weighted by molar-refractivity contribution is 0.0934. The van der Waals surface area contributed by atoms with Crippen LogP contribution in [0.1, 0.15) is 50.9 Å². The fourth-order valence-corrected chi connectivity index (χ4v) is 4.32. The Kier molecular flexibility index (Phi) is 5.18. The van der Waals surface area contributed by atoms with Gasteiger partial charge in [-0.3, -0.25) is 19.4 Å². The first-order chi connectivity index (χ1) is 16.0. The van der Waals surface area contributed by atoms with E-state index in [1.54, 1.807) is 12.3 Å². The molecule has 0 aliphatic heterocycles. The van der Waals surface area contributed by atoms with Gasteiger partial charge in [0, 0.05) is 17.3 Å². The normalized spacial score (nSPS) is 15.1. The number of nitrogens with one attached hydrogen (secondary N) is 2. The summed E-state index contributed by atoms with van der Waals surface area (Å²) in [6.45, 7) is 0. The number of pyridine rings is 3. The van der Waals surface area contributed by atoms with Gasteiger partial charge in [-0.2, -0.15) is 0 Å². The Balaban J connectivity index is 1.55. The van der Waals surface area contributed by atoms with E-state index in [2.05, 4.69) is 20.3 Å². The maximum Gasteiger partial charge on any atom is 0.261 e. The van der Waals surface area contributed by atoms with Crippen molar-refractivity contribution in [3.8, 4) is 11.4 Å². The average molecular weight is 439 g/mol. The Labute approximate surface area is 188 Å². The van der Waals surface area contributed by atoms with Crippen LogP contribution in [0.3, 0.4) is 0 Å². The summed E-state index contributed by atoms with van der Waals surface area (Å²) < 4.78 is 0. The molecule has 1 aliphatic rings. The summed E-state index contributed by atoms with van der Waals surface area (Å²) in [6.07, 6.45) is 3.82. The number of aryl methyl sites for hydroxylation is 1. The van der Waals surface area contributed by atoms with Gasteiger partial charge < -0.3 is 16.0 Å². The summed E-state index contributed by atoms with van der Waals surface area (Å²) >= 11 is 0. The van der Waals surface area contributed by atoms with Gasteiger partial charge in [-0.25, -0.2) is 4.98 Å². The second-order valence-corrected chi connectivity index (χ2v) is 8.02. The molecule has 1 unspecified atom stereocenters. The molecule has 8 nitrogen and oxygen atoms in total. The van der Waals surface area contributed by atoms with Crippen LogP contribution in [0.15, 0.2) is 65.6 Å². The number of aromatic amines is 1. The van der Waals surface area contributed by atoms with Crippen LogP contribution in [-0.2, 0) is 6.42 Å². The SMILES string of the molecule is NC(=O)c1cc2c([nH]c1=O)CCCC2NC(=O)c1cc(-c2ccccn2)nc2ccccc12. The molecule has 4 aromatic rings. The number of H-pyrrole nitrogens is 1. The van der Waals surface area contributed by atoms with E-state index in [9.17, 15) is 14.4 Å². The van der Waals surface area contributed by atoms with Crippen molar-refractivity contribution in [2.45, 2.75) is 25.3 Å². The number of nitrogens with two attached hydrogens (primary N) is 1. The van der Waals surface area contributed by atoms with Gasteiger partial charge in [0.15, 0.2) is 0 Å². The molecule has 1 aliphatic carbocycles. The lowest BCUT2D eigenvalue weighted by Gasteiger charge is -2.26. The molecule has 5 rings (SSSR count). The molecule has 0 radical (unpaired) electrons. The highest BCUT2D eigenvalue weighted by molar-refractivity contribution is 6.07. The van der Waals surface area contributed by atoms with Crippen LogP contribution in [-0.4, -0.2) is 26.8 Å². The van der Waals surface area contributed by atoms with Gasteiger partial charge in [-0.05, 0) is 55.2 Å². The molecule has 4 N–H and O–H groups in total. The minimum atomic E-state index is -0.796. The monoisotopic (exact) mass is 439 g/mol. The van der Waals surface area contributed by atoms with E-state index < -0.39 is 11.5 Å². The maximum absolute atomic E-state index is 13.5. The van der Waals surface area contributed by atoms with Crippen LogP contribution in [0.5, 0.6) is 0 Å². The van der Waals surface area contributed by atoms with E-state index in [0.29, 0.717) is 40.9 Å². The largest absolute Gasteiger partial charge is 0.365 e. The van der Waals surface area contributed by atoms with E-state index in [1.807, 2.05) is 42.5 Å². The summed E-state index contributed by atoms with van der Waals surface area (Å²) in [7, 11) is 0. The number of para-hydroxylation sites is 1. The molecule has 8 heteroatoms. The van der Waals surface area contributed by atoms with Crippen LogP contribution >= 0.6 is 0 Å². The van der Waals surface area contributed by atoms with Gasteiger partial charge in [0.05, 0.1) is 28.5 Å². The van der Waals surface area contributed by atoms with E-state index in [1.165, 1.54) is 6.07 Å². The van der Waals surface area contributed by atoms with Crippen molar-refractivity contribution >= 4 is 22.7 Å². The van der Waals surface area contributed by atoms with Crippen molar-refractivity contribution in [3.63, 3.8) is 0 Å². The lowest BCUT2D eigenvalue weighted by atomic mass is 9.90. The number of fused-ring (bicyclic) bond motifs is 2. The van der Waals surface area contributed by atoms with Crippen LogP contribution in [0.2, 0.25) is 0 Å². The summed E-state index contributed by atoms with van der Waals surface area (Å²) in [5, 5.41) is 3.81. The van der Waals surface area contributed by atoms with Crippen molar-refractivity contribution in [1.82, 2.24) is 20.3 Å². The number of nitrogens with zero attached hydrogens (tertiary/aromatic N) is 2. The van der Waals surface area contributed by atoms with Crippen molar-refractivity contribution in [2.75, 3.05) is 0 Å². The lowest BCUT2D eigenvalue weighted by Crippen LogP contribution is -2.34. The van der Waals surface area contributed by atoms with Crippen LogP contribution in [0, 0.1) is 0 Å². The second-order valence-electron chi connectivity index (χ2n) is 8.02. The van der Waals surface area contributed by atoms with Gasteiger partial charge >= 0.3 is 0 Å². The molecule has 0 fully saturated rings. The maximum atomic E-state index is 13.5. The summed E-state index contributed by atoms with van der Waals surface area (Å²) in [5.41, 5.74) is 8.62. The Hall–Kier alpha value is -4.33. The van der Waals surface area contributed by atoms with E-state index >= 15 is 0 Å². The minimum Gasteiger partial charge on any atom is -0.365 e. The molecule has 0 bridgehead atoms. The van der Waals surface area contributed by atoms with Gasteiger partial charge in [0.2, 0.25) is 0 Å². The van der Waals surface area contributed by atoms with E-state index in [4.69, 9.17) is 5.73 Å². The van der Waals surface area contributed by atoms with E-state index in [0.717, 1.165) is 17.5 Å². The highest BCUT2D eigenvalue weighted by Crippen LogP contribution is 2.30.